The van der Waals surface area contributed by atoms with Gasteiger partial charge in [-0.25, -0.2) is 0 Å². The van der Waals surface area contributed by atoms with Crippen LogP contribution in [0.3, 0.4) is 0 Å². The van der Waals surface area contributed by atoms with Crippen molar-refractivity contribution in [1.82, 2.24) is 0 Å². The summed E-state index contributed by atoms with van der Waals surface area (Å²) in [6.45, 7) is 4.18. The van der Waals surface area contributed by atoms with Crippen LogP contribution in [0.2, 0.25) is 0 Å². The summed E-state index contributed by atoms with van der Waals surface area (Å²) < 4.78 is 35.1. The second-order valence-corrected chi connectivity index (χ2v) is 6.91. The van der Waals surface area contributed by atoms with E-state index in [1.54, 1.807) is 13.0 Å². The Kier molecular flexibility index (Phi) is 5.77. The Bertz CT molecular complexity index is 632. The molecule has 0 saturated carbocycles. The number of benzene rings is 1. The number of hydrogen-bond donors (Lipinski definition) is 0. The van der Waals surface area contributed by atoms with Crippen molar-refractivity contribution in [3.8, 4) is 15.8 Å². The number of unbranched alkanes of at least 4 members (excludes halogenated alkanes) is 1. The van der Waals surface area contributed by atoms with Gasteiger partial charge in [0.2, 0.25) is 0 Å². The molecule has 0 unspecified atom stereocenters. The van der Waals surface area contributed by atoms with Gasteiger partial charge in [-0.2, -0.15) is 0 Å². The van der Waals surface area contributed by atoms with Gasteiger partial charge in [-0.3, -0.25) is 0 Å². The van der Waals surface area contributed by atoms with E-state index in [0.29, 0.717) is 12.2 Å². The Balaban J connectivity index is 2.28. The third-order valence-corrected chi connectivity index (χ3v) is 5.25. The van der Waals surface area contributed by atoms with Crippen LogP contribution in [-0.4, -0.2) is 21.1 Å². The summed E-state index contributed by atoms with van der Waals surface area (Å²) in [7, 11) is 0. The zero-order valence-corrected chi connectivity index (χ0v) is 13.9. The van der Waals surface area contributed by atoms with Crippen LogP contribution >= 0.6 is 0 Å². The van der Waals surface area contributed by atoms with Gasteiger partial charge in [0.15, 0.2) is 0 Å². The van der Waals surface area contributed by atoms with Crippen molar-refractivity contribution in [2.75, 3.05) is 6.61 Å². The number of hydrogen-bond acceptors (Lipinski definition) is 1. The first kappa shape index (κ1) is 16.0. The van der Waals surface area contributed by atoms with E-state index >= 15 is 0 Å². The van der Waals surface area contributed by atoms with Gasteiger partial charge in [0.05, 0.1) is 0 Å². The SMILES string of the molecule is CCC/C=C/c1ccc(-c2ccc(OCC)c(F)c2F)[se]1. The summed E-state index contributed by atoms with van der Waals surface area (Å²) in [6, 6.07) is 6.96. The van der Waals surface area contributed by atoms with Crippen LogP contribution in [0.25, 0.3) is 16.1 Å². The first-order valence-electron chi connectivity index (χ1n) is 7.04. The number of halogens is 2. The third kappa shape index (κ3) is 3.84. The topological polar surface area (TPSA) is 9.23 Å². The third-order valence-electron chi connectivity index (χ3n) is 2.98. The molecule has 0 radical (unpaired) electrons. The minimum absolute atomic E-state index is 0.0185. The molecule has 0 aliphatic carbocycles. The van der Waals surface area contributed by atoms with Crippen LogP contribution < -0.4 is 4.74 Å². The van der Waals surface area contributed by atoms with Crippen molar-refractivity contribution < 1.29 is 13.5 Å². The average Bonchev–Trinajstić information content (AvgIpc) is 2.93. The molecule has 1 heterocycles. The fourth-order valence-electron chi connectivity index (χ4n) is 1.94. The second-order valence-electron chi connectivity index (χ2n) is 4.57. The second kappa shape index (κ2) is 7.58. The van der Waals surface area contributed by atoms with Crippen molar-refractivity contribution >= 4 is 20.6 Å². The van der Waals surface area contributed by atoms with E-state index in [0.717, 1.165) is 17.3 Å². The molecule has 2 rings (SSSR count). The summed E-state index contributed by atoms with van der Waals surface area (Å²) in [4.78, 5) is 0. The van der Waals surface area contributed by atoms with E-state index in [9.17, 15) is 8.78 Å². The summed E-state index contributed by atoms with van der Waals surface area (Å²) in [5.41, 5.74) is 0.339. The Morgan fingerprint density at radius 1 is 1.10 bits per heavy atom. The van der Waals surface area contributed by atoms with Crippen LogP contribution in [0.4, 0.5) is 8.78 Å². The summed E-state index contributed by atoms with van der Waals surface area (Å²) in [5, 5.41) is 0. The molecule has 0 fully saturated rings. The predicted molar refractivity (Wildman–Crippen MR) is 83.8 cm³/mol. The van der Waals surface area contributed by atoms with Gasteiger partial charge < -0.3 is 0 Å². The van der Waals surface area contributed by atoms with E-state index in [1.807, 2.05) is 12.1 Å². The van der Waals surface area contributed by atoms with Gasteiger partial charge in [-0.15, -0.1) is 0 Å². The number of ether oxygens (including phenoxy) is 1. The van der Waals surface area contributed by atoms with Crippen molar-refractivity contribution in [1.29, 1.82) is 0 Å². The van der Waals surface area contributed by atoms with Gasteiger partial charge >= 0.3 is 130 Å². The fourth-order valence-corrected chi connectivity index (χ4v) is 3.95. The summed E-state index contributed by atoms with van der Waals surface area (Å²) in [6.07, 6.45) is 6.35. The fraction of sp³-hybridized carbons (Fsp3) is 0.294. The molecule has 112 valence electrons. The van der Waals surface area contributed by atoms with E-state index in [1.165, 1.54) is 10.5 Å². The Labute approximate surface area is 130 Å². The average molecular weight is 355 g/mol. The van der Waals surface area contributed by atoms with Gasteiger partial charge in [0, 0.05) is 0 Å². The van der Waals surface area contributed by atoms with Gasteiger partial charge in [-0.05, 0) is 0 Å². The molecule has 1 nitrogen and oxygen atoms in total. The molecular weight excluding hydrogens is 337 g/mol. The molecule has 0 aliphatic heterocycles. The standard InChI is InChI=1S/C17H18F2OSe/c1-3-5-6-7-12-8-11-15(21-12)13-9-10-14(20-4-2)17(19)16(13)18/h6-11H,3-5H2,1-2H3/b7-6+. The van der Waals surface area contributed by atoms with Gasteiger partial charge in [-0.1, -0.05) is 0 Å². The summed E-state index contributed by atoms with van der Waals surface area (Å²) >= 11 is 0.0185. The molecule has 1 aromatic heterocycles. The first-order valence-corrected chi connectivity index (χ1v) is 8.76. The normalized spacial score (nSPS) is 11.2. The van der Waals surface area contributed by atoms with Crippen LogP contribution in [0.5, 0.6) is 5.75 Å². The van der Waals surface area contributed by atoms with E-state index < -0.39 is 11.6 Å². The molecule has 2 aromatic rings. The molecule has 0 saturated heterocycles. The number of allylic oxidation sites excluding steroid dienone is 1. The molecule has 0 N–H and O–H groups in total. The molecular formula is C17H18F2OSe. The van der Waals surface area contributed by atoms with Crippen LogP contribution in [0.1, 0.15) is 31.1 Å². The number of rotatable bonds is 6. The molecule has 4 heteroatoms. The maximum atomic E-state index is 14.1. The van der Waals surface area contributed by atoms with Crippen LogP contribution in [-0.2, 0) is 0 Å². The molecule has 0 bridgehead atoms. The molecule has 1 aromatic carbocycles. The maximum absolute atomic E-state index is 14.1. The van der Waals surface area contributed by atoms with E-state index in [2.05, 4.69) is 19.1 Å². The molecule has 0 amide bonds. The van der Waals surface area contributed by atoms with Crippen LogP contribution in [0.15, 0.2) is 30.3 Å². The molecule has 21 heavy (non-hydrogen) atoms. The zero-order chi connectivity index (χ0) is 15.2. The van der Waals surface area contributed by atoms with Gasteiger partial charge in [0.25, 0.3) is 0 Å². The monoisotopic (exact) mass is 356 g/mol. The van der Waals surface area contributed by atoms with Gasteiger partial charge in [0.1, 0.15) is 0 Å². The van der Waals surface area contributed by atoms with Crippen molar-refractivity contribution in [3.63, 3.8) is 0 Å². The van der Waals surface area contributed by atoms with Crippen molar-refractivity contribution in [2.45, 2.75) is 26.7 Å². The van der Waals surface area contributed by atoms with Crippen molar-refractivity contribution in [3.05, 3.63) is 46.4 Å². The molecule has 0 spiro atoms. The zero-order valence-electron chi connectivity index (χ0n) is 12.2. The minimum atomic E-state index is -0.902. The molecule has 0 aliphatic rings. The Morgan fingerprint density at radius 2 is 1.90 bits per heavy atom. The predicted octanol–water partition coefficient (Wildman–Crippen LogP) is 4.90. The van der Waals surface area contributed by atoms with E-state index in [4.69, 9.17) is 4.74 Å². The van der Waals surface area contributed by atoms with E-state index in [-0.39, 0.29) is 20.3 Å². The summed E-state index contributed by atoms with van der Waals surface area (Å²) in [5.74, 6) is -1.75. The Hall–Kier alpha value is -1.38. The quantitative estimate of drug-likeness (QED) is 0.670. The Morgan fingerprint density at radius 3 is 2.62 bits per heavy atom. The first-order chi connectivity index (χ1) is 10.2. The van der Waals surface area contributed by atoms with Crippen LogP contribution in [0, 0.1) is 11.6 Å². The molecule has 0 atom stereocenters. The van der Waals surface area contributed by atoms with Crippen molar-refractivity contribution in [2.24, 2.45) is 0 Å².